The average molecular weight is 294 g/mol. The van der Waals surface area contributed by atoms with E-state index in [1.165, 1.54) is 11.1 Å². The molecule has 1 N–H and O–H groups in total. The zero-order valence-electron chi connectivity index (χ0n) is 12.5. The van der Waals surface area contributed by atoms with Gasteiger partial charge in [-0.25, -0.2) is 0 Å². The van der Waals surface area contributed by atoms with Crippen LogP contribution in [0.1, 0.15) is 21.5 Å². The quantitative estimate of drug-likeness (QED) is 0.924. The van der Waals surface area contributed by atoms with E-state index in [0.29, 0.717) is 24.4 Å². The topological polar surface area (TPSA) is 41.6 Å². The average Bonchev–Trinajstić information content (AvgIpc) is 2.48. The number of nitrogens with one attached hydrogen (secondary N) is 1. The molecular formula is C18H18N2O2. The van der Waals surface area contributed by atoms with Crippen LogP contribution < -0.4 is 10.1 Å². The smallest absolute Gasteiger partial charge is 0.258 e. The third-order valence-electron chi connectivity index (χ3n) is 4.26. The number of likely N-dealkylation sites (tertiary alicyclic amines) is 1. The number of fused-ring (bicyclic) bond motifs is 1. The minimum absolute atomic E-state index is 0.0446. The largest absolute Gasteiger partial charge is 0.464 e. The lowest BCUT2D eigenvalue weighted by Gasteiger charge is -2.51. The molecule has 0 bridgehead atoms. The number of hydrogen-bond donors (Lipinski definition) is 1. The monoisotopic (exact) mass is 294 g/mol. The van der Waals surface area contributed by atoms with Crippen molar-refractivity contribution in [3.8, 4) is 5.75 Å². The predicted molar refractivity (Wildman–Crippen MR) is 83.7 cm³/mol. The normalized spacial score (nSPS) is 19.0. The van der Waals surface area contributed by atoms with E-state index in [1.807, 2.05) is 18.2 Å². The Kier molecular flexibility index (Phi) is 2.94. The maximum Gasteiger partial charge on any atom is 0.258 e. The summed E-state index contributed by atoms with van der Waals surface area (Å²) in [7, 11) is 0. The fourth-order valence-corrected chi connectivity index (χ4v) is 3.14. The van der Waals surface area contributed by atoms with Gasteiger partial charge in [-0.15, -0.1) is 0 Å². The van der Waals surface area contributed by atoms with Crippen LogP contribution in [0.25, 0.3) is 0 Å². The summed E-state index contributed by atoms with van der Waals surface area (Å²) in [5.74, 6) is 0.637. The Labute approximate surface area is 129 Å². The molecule has 0 aliphatic carbocycles. The van der Waals surface area contributed by atoms with Crippen LogP contribution in [0.3, 0.4) is 0 Å². The third-order valence-corrected chi connectivity index (χ3v) is 4.26. The van der Waals surface area contributed by atoms with Crippen LogP contribution in [0.5, 0.6) is 5.75 Å². The molecule has 2 aliphatic rings. The van der Waals surface area contributed by atoms with Crippen LogP contribution in [-0.2, 0) is 6.54 Å². The molecule has 2 aliphatic heterocycles. The summed E-state index contributed by atoms with van der Waals surface area (Å²) in [5.41, 5.74) is 2.60. The molecule has 1 spiro atoms. The molecule has 0 radical (unpaired) electrons. The molecule has 4 nitrogen and oxygen atoms in total. The highest BCUT2D eigenvalue weighted by Crippen LogP contribution is 2.33. The number of benzene rings is 2. The highest BCUT2D eigenvalue weighted by atomic mass is 16.5. The number of aryl methyl sites for hydroxylation is 1. The molecule has 2 aromatic rings. The Morgan fingerprint density at radius 3 is 2.64 bits per heavy atom. The second-order valence-corrected chi connectivity index (χ2v) is 6.18. The lowest BCUT2D eigenvalue weighted by molar-refractivity contribution is -0.102. The number of amides is 1. The first-order valence-corrected chi connectivity index (χ1v) is 7.52. The molecule has 0 saturated carbocycles. The molecule has 22 heavy (non-hydrogen) atoms. The van der Waals surface area contributed by atoms with Gasteiger partial charge >= 0.3 is 0 Å². The minimum Gasteiger partial charge on any atom is -0.464 e. The molecule has 1 amide bonds. The number of ether oxygens (including phenoxy) is 1. The number of carbonyl (C=O) groups excluding carboxylic acids is 1. The Hall–Kier alpha value is -2.33. The zero-order valence-corrected chi connectivity index (χ0v) is 12.5. The van der Waals surface area contributed by atoms with Crippen LogP contribution in [0.4, 0.5) is 0 Å². The van der Waals surface area contributed by atoms with E-state index in [-0.39, 0.29) is 5.91 Å². The summed E-state index contributed by atoms with van der Waals surface area (Å²) < 4.78 is 6.04. The second kappa shape index (κ2) is 4.85. The maximum absolute atomic E-state index is 12.2. The second-order valence-electron chi connectivity index (χ2n) is 6.18. The molecule has 1 fully saturated rings. The van der Waals surface area contributed by atoms with Gasteiger partial charge in [0.2, 0.25) is 5.72 Å². The molecule has 4 heteroatoms. The van der Waals surface area contributed by atoms with Crippen molar-refractivity contribution in [1.29, 1.82) is 0 Å². The van der Waals surface area contributed by atoms with Gasteiger partial charge in [-0.3, -0.25) is 9.69 Å². The van der Waals surface area contributed by atoms with Gasteiger partial charge < -0.3 is 10.1 Å². The van der Waals surface area contributed by atoms with E-state index >= 15 is 0 Å². The summed E-state index contributed by atoms with van der Waals surface area (Å²) in [5, 5.41) is 3.01. The Bertz CT molecular complexity index is 718. The first kappa shape index (κ1) is 13.3. The molecule has 0 unspecified atom stereocenters. The van der Waals surface area contributed by atoms with Crippen molar-refractivity contribution in [2.45, 2.75) is 19.2 Å². The van der Waals surface area contributed by atoms with Gasteiger partial charge in [-0.2, -0.15) is 0 Å². The van der Waals surface area contributed by atoms with E-state index in [9.17, 15) is 4.79 Å². The number of nitrogens with zero attached hydrogens (tertiary/aromatic N) is 1. The first-order chi connectivity index (χ1) is 10.6. The van der Waals surface area contributed by atoms with Crippen molar-refractivity contribution in [1.82, 2.24) is 10.2 Å². The van der Waals surface area contributed by atoms with Gasteiger partial charge in [0.1, 0.15) is 5.75 Å². The SMILES string of the molecule is Cc1ccc(CN2CC3(C2)NC(=O)c2ccccc2O3)cc1. The van der Waals surface area contributed by atoms with E-state index in [0.717, 1.165) is 6.54 Å². The molecule has 4 rings (SSSR count). The van der Waals surface area contributed by atoms with Gasteiger partial charge in [-0.05, 0) is 24.6 Å². The summed E-state index contributed by atoms with van der Waals surface area (Å²) in [6, 6.07) is 15.9. The third kappa shape index (κ3) is 2.25. The van der Waals surface area contributed by atoms with Crippen molar-refractivity contribution in [3.05, 3.63) is 65.2 Å². The highest BCUT2D eigenvalue weighted by molar-refractivity contribution is 5.98. The number of carbonyl (C=O) groups is 1. The zero-order chi connectivity index (χ0) is 15.2. The molecule has 2 aromatic carbocycles. The molecule has 1 saturated heterocycles. The predicted octanol–water partition coefficient (Wildman–Crippen LogP) is 2.33. The Morgan fingerprint density at radius 2 is 1.86 bits per heavy atom. The lowest BCUT2D eigenvalue weighted by atomic mass is 9.99. The highest BCUT2D eigenvalue weighted by Gasteiger charge is 2.49. The number of para-hydroxylation sites is 1. The Morgan fingerprint density at radius 1 is 1.14 bits per heavy atom. The summed E-state index contributed by atoms with van der Waals surface area (Å²) in [4.78, 5) is 14.5. The van der Waals surface area contributed by atoms with Crippen molar-refractivity contribution < 1.29 is 9.53 Å². The van der Waals surface area contributed by atoms with Crippen molar-refractivity contribution in [3.63, 3.8) is 0 Å². The van der Waals surface area contributed by atoms with Gasteiger partial charge in [-0.1, -0.05) is 42.0 Å². The van der Waals surface area contributed by atoms with Crippen molar-refractivity contribution in [2.24, 2.45) is 0 Å². The van der Waals surface area contributed by atoms with Crippen molar-refractivity contribution >= 4 is 5.91 Å². The van der Waals surface area contributed by atoms with Gasteiger partial charge in [0.05, 0.1) is 18.7 Å². The fraction of sp³-hybridized carbons (Fsp3) is 0.278. The lowest BCUT2D eigenvalue weighted by Crippen LogP contribution is -2.74. The van der Waals surface area contributed by atoms with Crippen LogP contribution in [-0.4, -0.2) is 29.6 Å². The summed E-state index contributed by atoms with van der Waals surface area (Å²) >= 11 is 0. The van der Waals surface area contributed by atoms with Crippen LogP contribution in [0.15, 0.2) is 48.5 Å². The van der Waals surface area contributed by atoms with Crippen LogP contribution in [0, 0.1) is 6.92 Å². The standard InChI is InChI=1S/C18H18N2O2/c1-13-6-8-14(9-7-13)10-20-11-18(12-20)19-17(21)15-4-2-3-5-16(15)22-18/h2-9H,10-12H2,1H3,(H,19,21). The molecule has 0 atom stereocenters. The Balaban J connectivity index is 1.45. The fourth-order valence-electron chi connectivity index (χ4n) is 3.14. The molecule has 0 aromatic heterocycles. The molecule has 2 heterocycles. The van der Waals surface area contributed by atoms with E-state index in [2.05, 4.69) is 41.4 Å². The number of rotatable bonds is 2. The first-order valence-electron chi connectivity index (χ1n) is 7.52. The summed E-state index contributed by atoms with van der Waals surface area (Å²) in [6.45, 7) is 4.38. The van der Waals surface area contributed by atoms with Gasteiger partial charge in [0.15, 0.2) is 0 Å². The molecular weight excluding hydrogens is 276 g/mol. The van der Waals surface area contributed by atoms with E-state index in [4.69, 9.17) is 4.74 Å². The van der Waals surface area contributed by atoms with E-state index in [1.54, 1.807) is 6.07 Å². The van der Waals surface area contributed by atoms with E-state index < -0.39 is 5.72 Å². The van der Waals surface area contributed by atoms with Gasteiger partial charge in [0, 0.05) is 6.54 Å². The van der Waals surface area contributed by atoms with Gasteiger partial charge in [0.25, 0.3) is 5.91 Å². The van der Waals surface area contributed by atoms with Crippen molar-refractivity contribution in [2.75, 3.05) is 13.1 Å². The number of hydrogen-bond acceptors (Lipinski definition) is 3. The van der Waals surface area contributed by atoms with Crippen LogP contribution >= 0.6 is 0 Å². The summed E-state index contributed by atoms with van der Waals surface area (Å²) in [6.07, 6.45) is 0. The maximum atomic E-state index is 12.2. The minimum atomic E-state index is -0.559. The van der Waals surface area contributed by atoms with Crippen LogP contribution in [0.2, 0.25) is 0 Å². The molecule has 112 valence electrons.